The highest BCUT2D eigenvalue weighted by molar-refractivity contribution is 6.27. The molecule has 1 aliphatic rings. The number of H-pyrrole nitrogens is 1. The van der Waals surface area contributed by atoms with Gasteiger partial charge >= 0.3 is 6.61 Å². The Kier molecular flexibility index (Phi) is 5.56. The van der Waals surface area contributed by atoms with Crippen LogP contribution >= 0.6 is 0 Å². The number of ether oxygens (including phenoxy) is 1. The van der Waals surface area contributed by atoms with Crippen molar-refractivity contribution in [2.24, 2.45) is 11.0 Å². The van der Waals surface area contributed by atoms with E-state index >= 15 is 0 Å². The third kappa shape index (κ3) is 4.01. The summed E-state index contributed by atoms with van der Waals surface area (Å²) in [5, 5.41) is 6.09. The van der Waals surface area contributed by atoms with Crippen molar-refractivity contribution in [3.05, 3.63) is 59.8 Å². The lowest BCUT2D eigenvalue weighted by Gasteiger charge is -2.15. The second kappa shape index (κ2) is 8.33. The number of rotatable bonds is 7. The molecular formula is C23H19F2N3O4. The van der Waals surface area contributed by atoms with Gasteiger partial charge in [-0.3, -0.25) is 14.4 Å². The molecule has 2 aromatic carbocycles. The molecule has 9 heteroatoms. The molecular weight excluding hydrogens is 420 g/mol. The van der Waals surface area contributed by atoms with Crippen molar-refractivity contribution in [1.82, 2.24) is 4.98 Å². The standard InChI is InChI=1S/C23H19F2N3O4/c1-12-20(22(31)28(27-12)17-3-5-18(6-4-17)32-23(24)25)19(30)11-16-10-15(13(2)29)9-14-7-8-26-21(14)16/h3-10,20,23,26H,11H2,1-2H3. The monoisotopic (exact) mass is 439 g/mol. The van der Waals surface area contributed by atoms with E-state index in [0.29, 0.717) is 22.5 Å². The number of ketones is 2. The summed E-state index contributed by atoms with van der Waals surface area (Å²) in [4.78, 5) is 41.0. The van der Waals surface area contributed by atoms with Gasteiger partial charge in [-0.25, -0.2) is 0 Å². The van der Waals surface area contributed by atoms with Crippen LogP contribution in [0.25, 0.3) is 10.9 Å². The fraction of sp³-hybridized carbons (Fsp3) is 0.217. The molecule has 1 aliphatic heterocycles. The Hall–Kier alpha value is -3.88. The van der Waals surface area contributed by atoms with E-state index in [1.54, 1.807) is 25.3 Å². The maximum absolute atomic E-state index is 13.1. The van der Waals surface area contributed by atoms with Crippen LogP contribution in [0.1, 0.15) is 29.8 Å². The second-order valence-electron chi connectivity index (χ2n) is 7.47. The topological polar surface area (TPSA) is 91.8 Å². The number of alkyl halides is 2. The van der Waals surface area contributed by atoms with Crippen LogP contribution in [-0.2, 0) is 16.0 Å². The van der Waals surface area contributed by atoms with Gasteiger partial charge in [0.1, 0.15) is 11.7 Å². The molecule has 0 spiro atoms. The minimum absolute atomic E-state index is 0.0518. The van der Waals surface area contributed by atoms with Crippen molar-refractivity contribution < 1.29 is 27.9 Å². The summed E-state index contributed by atoms with van der Waals surface area (Å²) in [5.74, 6) is -2.13. The first-order chi connectivity index (χ1) is 15.2. The molecule has 7 nitrogen and oxygen atoms in total. The van der Waals surface area contributed by atoms with E-state index in [9.17, 15) is 23.2 Å². The predicted octanol–water partition coefficient (Wildman–Crippen LogP) is 4.12. The molecule has 1 N–H and O–H groups in total. The van der Waals surface area contributed by atoms with Crippen molar-refractivity contribution in [1.29, 1.82) is 0 Å². The first-order valence-electron chi connectivity index (χ1n) is 9.82. The minimum Gasteiger partial charge on any atom is -0.435 e. The Balaban J connectivity index is 1.56. The number of hydrazone groups is 1. The summed E-state index contributed by atoms with van der Waals surface area (Å²) in [6, 6.07) is 10.6. The van der Waals surface area contributed by atoms with Crippen LogP contribution in [0.15, 0.2) is 53.8 Å². The van der Waals surface area contributed by atoms with Crippen molar-refractivity contribution >= 4 is 39.8 Å². The highest BCUT2D eigenvalue weighted by Gasteiger charge is 2.39. The fourth-order valence-corrected chi connectivity index (χ4v) is 3.77. The summed E-state index contributed by atoms with van der Waals surface area (Å²) in [6.45, 7) is 0.0844. The molecule has 3 aromatic rings. The largest absolute Gasteiger partial charge is 0.435 e. The molecule has 0 saturated heterocycles. The maximum atomic E-state index is 13.1. The summed E-state index contributed by atoms with van der Waals surface area (Å²) >= 11 is 0. The number of aromatic amines is 1. The van der Waals surface area contributed by atoms with Crippen molar-refractivity contribution in [3.8, 4) is 5.75 Å². The number of nitrogens with one attached hydrogen (secondary N) is 1. The van der Waals surface area contributed by atoms with Gasteiger partial charge in [-0.15, -0.1) is 0 Å². The molecule has 4 rings (SSSR count). The number of aromatic nitrogens is 1. The average molecular weight is 439 g/mol. The zero-order valence-corrected chi connectivity index (χ0v) is 17.3. The number of benzene rings is 2. The number of Topliss-reactive ketones (excluding diaryl/α,β-unsaturated/α-hetero) is 2. The van der Waals surface area contributed by atoms with Crippen LogP contribution in [0.5, 0.6) is 5.75 Å². The molecule has 0 aliphatic carbocycles. The quantitative estimate of drug-likeness (QED) is 0.443. The minimum atomic E-state index is -2.95. The van der Waals surface area contributed by atoms with Crippen molar-refractivity contribution in [3.63, 3.8) is 0 Å². The van der Waals surface area contributed by atoms with Gasteiger partial charge in [0.25, 0.3) is 5.91 Å². The van der Waals surface area contributed by atoms with Gasteiger partial charge in [0, 0.05) is 29.1 Å². The van der Waals surface area contributed by atoms with E-state index < -0.39 is 18.4 Å². The average Bonchev–Trinajstić information content (AvgIpc) is 3.32. The molecule has 1 amide bonds. The summed E-state index contributed by atoms with van der Waals surface area (Å²) in [7, 11) is 0. The Morgan fingerprint density at radius 2 is 1.91 bits per heavy atom. The number of carbonyl (C=O) groups is 3. The second-order valence-corrected chi connectivity index (χ2v) is 7.47. The highest BCUT2D eigenvalue weighted by Crippen LogP contribution is 2.28. The smallest absolute Gasteiger partial charge is 0.387 e. The zero-order valence-electron chi connectivity index (χ0n) is 17.3. The van der Waals surface area contributed by atoms with E-state index in [1.807, 2.05) is 6.07 Å². The predicted molar refractivity (Wildman–Crippen MR) is 114 cm³/mol. The van der Waals surface area contributed by atoms with Gasteiger partial charge in [-0.2, -0.15) is 18.9 Å². The van der Waals surface area contributed by atoms with Gasteiger partial charge in [0.2, 0.25) is 0 Å². The van der Waals surface area contributed by atoms with E-state index in [0.717, 1.165) is 15.9 Å². The molecule has 1 atom stereocenters. The van der Waals surface area contributed by atoms with E-state index in [2.05, 4.69) is 14.8 Å². The number of hydrogen-bond acceptors (Lipinski definition) is 5. The van der Waals surface area contributed by atoms with Gasteiger partial charge in [-0.1, -0.05) is 0 Å². The number of anilines is 1. The number of halogens is 2. The van der Waals surface area contributed by atoms with Gasteiger partial charge < -0.3 is 9.72 Å². The van der Waals surface area contributed by atoms with E-state index in [4.69, 9.17) is 0 Å². The van der Waals surface area contributed by atoms with Crippen LogP contribution in [-0.4, -0.2) is 34.8 Å². The first-order valence-corrected chi connectivity index (χ1v) is 9.82. The molecule has 0 bridgehead atoms. The normalized spacial score (nSPS) is 16.0. The number of carbonyl (C=O) groups excluding carboxylic acids is 3. The van der Waals surface area contributed by atoms with Crippen molar-refractivity contribution in [2.45, 2.75) is 26.9 Å². The van der Waals surface area contributed by atoms with Crippen molar-refractivity contribution in [2.75, 3.05) is 5.01 Å². The summed E-state index contributed by atoms with van der Waals surface area (Å²) in [6.07, 6.45) is 1.66. The van der Waals surface area contributed by atoms with Gasteiger partial charge in [-0.05, 0) is 61.9 Å². The molecule has 2 heterocycles. The molecule has 0 radical (unpaired) electrons. The van der Waals surface area contributed by atoms with E-state index in [1.165, 1.54) is 31.2 Å². The number of fused-ring (bicyclic) bond motifs is 1. The Morgan fingerprint density at radius 1 is 1.19 bits per heavy atom. The van der Waals surface area contributed by atoms with Crippen LogP contribution in [0.4, 0.5) is 14.5 Å². The number of nitrogens with zero attached hydrogens (tertiary/aromatic N) is 2. The van der Waals surface area contributed by atoms with Gasteiger partial charge in [0.15, 0.2) is 11.6 Å². The molecule has 0 fully saturated rings. The van der Waals surface area contributed by atoms with Crippen LogP contribution < -0.4 is 9.75 Å². The zero-order chi connectivity index (χ0) is 23.0. The van der Waals surface area contributed by atoms with Crippen LogP contribution in [0.3, 0.4) is 0 Å². The van der Waals surface area contributed by atoms with Gasteiger partial charge in [0.05, 0.1) is 11.4 Å². The Morgan fingerprint density at radius 3 is 2.56 bits per heavy atom. The number of hydrogen-bond donors (Lipinski definition) is 1. The van der Waals surface area contributed by atoms with Crippen LogP contribution in [0, 0.1) is 5.92 Å². The molecule has 1 aromatic heterocycles. The summed E-state index contributed by atoms with van der Waals surface area (Å²) < 4.78 is 29.0. The third-order valence-electron chi connectivity index (χ3n) is 5.27. The Labute approximate surface area is 181 Å². The lowest BCUT2D eigenvalue weighted by Crippen LogP contribution is -2.33. The fourth-order valence-electron chi connectivity index (χ4n) is 3.77. The number of amides is 1. The SMILES string of the molecule is CC(=O)c1cc(CC(=O)C2C(=O)N(c3ccc(OC(F)F)cc3)N=C2C)c2[nH]ccc2c1. The first kappa shape index (κ1) is 21.4. The highest BCUT2D eigenvalue weighted by atomic mass is 19.3. The lowest BCUT2D eigenvalue weighted by molar-refractivity contribution is -0.128. The maximum Gasteiger partial charge on any atom is 0.387 e. The van der Waals surface area contributed by atoms with Crippen LogP contribution in [0.2, 0.25) is 0 Å². The molecule has 164 valence electrons. The summed E-state index contributed by atoms with van der Waals surface area (Å²) in [5.41, 5.74) is 2.50. The lowest BCUT2D eigenvalue weighted by atomic mass is 9.92. The molecule has 0 saturated carbocycles. The molecule has 1 unspecified atom stereocenters. The van der Waals surface area contributed by atoms with E-state index in [-0.39, 0.29) is 23.7 Å². The third-order valence-corrected chi connectivity index (χ3v) is 5.27. The molecule has 32 heavy (non-hydrogen) atoms. The Bertz CT molecular complexity index is 1250.